The highest BCUT2D eigenvalue weighted by Gasteiger charge is 2.47. The van der Waals surface area contributed by atoms with Crippen molar-refractivity contribution in [2.24, 2.45) is 17.8 Å². The van der Waals surface area contributed by atoms with Gasteiger partial charge in [0.05, 0.1) is 17.5 Å². The largest absolute Gasteiger partial charge is 0.479 e. The number of alkyl halides is 3. The topological polar surface area (TPSA) is 72.5 Å². The predicted molar refractivity (Wildman–Crippen MR) is 121 cm³/mol. The lowest BCUT2D eigenvalue weighted by Crippen LogP contribution is -2.48. The molecule has 1 N–H and O–H groups in total. The van der Waals surface area contributed by atoms with E-state index in [4.69, 9.17) is 16.3 Å². The third-order valence-corrected chi connectivity index (χ3v) is 7.72. The second kappa shape index (κ2) is 8.97. The van der Waals surface area contributed by atoms with Crippen molar-refractivity contribution in [2.45, 2.75) is 50.4 Å². The molecule has 2 aromatic rings. The highest BCUT2D eigenvalue weighted by molar-refractivity contribution is 6.31. The standard InChI is InChI=1S/C26H23ClF3NO4/c27-18-5-6-23-19(11-18)22(33)12-24(35-23)25(34)31-20-9-14-7-16(20)8-15(14)10-21(32)13-1-3-17(4-2-13)26(28,29)30/h1-6,11,14-16,20,24H,7-10,12H2,(H,31,34)/t14-,15-,16-,20+,24?/m0/s1. The van der Waals surface area contributed by atoms with Gasteiger partial charge in [0, 0.05) is 23.0 Å². The molecule has 2 aromatic carbocycles. The maximum Gasteiger partial charge on any atom is 0.416 e. The Labute approximate surface area is 205 Å². The lowest BCUT2D eigenvalue weighted by atomic mass is 9.82. The van der Waals surface area contributed by atoms with Crippen LogP contribution in [0.25, 0.3) is 0 Å². The van der Waals surface area contributed by atoms with Crippen LogP contribution < -0.4 is 10.1 Å². The number of carbonyl (C=O) groups is 3. The molecular weight excluding hydrogens is 483 g/mol. The molecule has 2 bridgehead atoms. The summed E-state index contributed by atoms with van der Waals surface area (Å²) in [5.74, 6) is 0.301. The summed E-state index contributed by atoms with van der Waals surface area (Å²) >= 11 is 5.94. The second-order valence-electron chi connectivity index (χ2n) is 9.68. The fourth-order valence-electron chi connectivity index (χ4n) is 5.74. The van der Waals surface area contributed by atoms with Gasteiger partial charge in [0.2, 0.25) is 0 Å². The summed E-state index contributed by atoms with van der Waals surface area (Å²) in [7, 11) is 0. The molecule has 0 radical (unpaired) electrons. The first-order valence-corrected chi connectivity index (χ1v) is 12.0. The number of halogens is 4. The van der Waals surface area contributed by atoms with E-state index in [1.165, 1.54) is 18.2 Å². The number of benzene rings is 2. The summed E-state index contributed by atoms with van der Waals surface area (Å²) in [5.41, 5.74) is -0.114. The van der Waals surface area contributed by atoms with Crippen LogP contribution in [-0.2, 0) is 11.0 Å². The molecule has 1 aliphatic heterocycles. The zero-order valence-corrected chi connectivity index (χ0v) is 19.4. The van der Waals surface area contributed by atoms with Crippen LogP contribution in [0.2, 0.25) is 5.02 Å². The van der Waals surface area contributed by atoms with E-state index in [2.05, 4.69) is 5.32 Å². The molecule has 35 heavy (non-hydrogen) atoms. The molecule has 0 aromatic heterocycles. The zero-order valence-electron chi connectivity index (χ0n) is 18.6. The summed E-state index contributed by atoms with van der Waals surface area (Å²) in [4.78, 5) is 37.9. The van der Waals surface area contributed by atoms with E-state index in [-0.39, 0.29) is 59.7 Å². The van der Waals surface area contributed by atoms with Gasteiger partial charge in [0.1, 0.15) is 5.75 Å². The number of Topliss-reactive ketones (excluding diaryl/α,β-unsaturated/α-hetero) is 2. The van der Waals surface area contributed by atoms with Crippen molar-refractivity contribution in [1.82, 2.24) is 5.32 Å². The first kappa shape index (κ1) is 23.9. The van der Waals surface area contributed by atoms with E-state index >= 15 is 0 Å². The van der Waals surface area contributed by atoms with Gasteiger partial charge < -0.3 is 10.1 Å². The molecule has 5 atom stereocenters. The van der Waals surface area contributed by atoms with Crippen LogP contribution in [0.1, 0.15) is 58.4 Å². The van der Waals surface area contributed by atoms with Gasteiger partial charge in [-0.25, -0.2) is 0 Å². The predicted octanol–water partition coefficient (Wildman–Crippen LogP) is 5.50. The molecule has 1 unspecified atom stereocenters. The first-order valence-electron chi connectivity index (χ1n) is 11.6. The van der Waals surface area contributed by atoms with Crippen LogP contribution >= 0.6 is 11.6 Å². The third-order valence-electron chi connectivity index (χ3n) is 7.49. The van der Waals surface area contributed by atoms with Gasteiger partial charge in [0.15, 0.2) is 17.7 Å². The zero-order chi connectivity index (χ0) is 24.9. The first-order chi connectivity index (χ1) is 16.6. The number of hydrogen-bond acceptors (Lipinski definition) is 4. The summed E-state index contributed by atoms with van der Waals surface area (Å²) < 4.78 is 44.0. The minimum atomic E-state index is -4.43. The van der Waals surface area contributed by atoms with Crippen LogP contribution in [0.5, 0.6) is 5.75 Å². The van der Waals surface area contributed by atoms with Crippen LogP contribution in [0.3, 0.4) is 0 Å². The van der Waals surface area contributed by atoms with Gasteiger partial charge in [-0.1, -0.05) is 23.7 Å². The van der Waals surface area contributed by atoms with Crippen LogP contribution in [0, 0.1) is 17.8 Å². The number of ketones is 2. The van der Waals surface area contributed by atoms with Crippen LogP contribution in [0.15, 0.2) is 42.5 Å². The molecule has 184 valence electrons. The Morgan fingerprint density at radius 1 is 1.03 bits per heavy atom. The smallest absolute Gasteiger partial charge is 0.416 e. The minimum Gasteiger partial charge on any atom is -0.479 e. The van der Waals surface area contributed by atoms with E-state index in [1.807, 2.05) is 0 Å². The molecular formula is C26H23ClF3NO4. The molecule has 1 amide bonds. The van der Waals surface area contributed by atoms with E-state index in [1.54, 1.807) is 12.1 Å². The van der Waals surface area contributed by atoms with Crippen molar-refractivity contribution < 1.29 is 32.3 Å². The van der Waals surface area contributed by atoms with Crippen molar-refractivity contribution in [2.75, 3.05) is 0 Å². The summed E-state index contributed by atoms with van der Waals surface area (Å²) in [5, 5.41) is 3.46. The number of nitrogens with one attached hydrogen (secondary N) is 1. The molecule has 1 heterocycles. The lowest BCUT2D eigenvalue weighted by molar-refractivity contribution is -0.137. The Morgan fingerprint density at radius 3 is 2.43 bits per heavy atom. The van der Waals surface area contributed by atoms with Gasteiger partial charge in [-0.2, -0.15) is 13.2 Å². The monoisotopic (exact) mass is 505 g/mol. The molecule has 0 spiro atoms. The summed E-state index contributed by atoms with van der Waals surface area (Å²) in [6.07, 6.45) is -2.70. The summed E-state index contributed by atoms with van der Waals surface area (Å²) in [6.45, 7) is 0. The van der Waals surface area contributed by atoms with E-state index < -0.39 is 17.8 Å². The fraction of sp³-hybridized carbons (Fsp3) is 0.423. The molecule has 5 rings (SSSR count). The van der Waals surface area contributed by atoms with Crippen molar-refractivity contribution >= 4 is 29.1 Å². The fourth-order valence-corrected chi connectivity index (χ4v) is 5.91. The van der Waals surface area contributed by atoms with Crippen molar-refractivity contribution in [3.05, 3.63) is 64.2 Å². The van der Waals surface area contributed by atoms with Gasteiger partial charge in [-0.05, 0) is 67.3 Å². The third kappa shape index (κ3) is 4.81. The van der Waals surface area contributed by atoms with Crippen LogP contribution in [0.4, 0.5) is 13.2 Å². The maximum atomic E-state index is 12.8. The van der Waals surface area contributed by atoms with E-state index in [0.29, 0.717) is 16.3 Å². The normalized spacial score (nSPS) is 27.3. The molecule has 2 aliphatic carbocycles. The molecule has 3 aliphatic rings. The Morgan fingerprint density at radius 2 is 1.77 bits per heavy atom. The van der Waals surface area contributed by atoms with Gasteiger partial charge >= 0.3 is 6.18 Å². The molecule has 9 heteroatoms. The molecule has 0 saturated heterocycles. The second-order valence-corrected chi connectivity index (χ2v) is 10.1. The number of amides is 1. The average Bonchev–Trinajstić information content (AvgIpc) is 3.39. The van der Waals surface area contributed by atoms with Gasteiger partial charge in [0.25, 0.3) is 5.91 Å². The molecule has 5 nitrogen and oxygen atoms in total. The van der Waals surface area contributed by atoms with Gasteiger partial charge in [-0.3, -0.25) is 14.4 Å². The number of ether oxygens (including phenoxy) is 1. The average molecular weight is 506 g/mol. The quantitative estimate of drug-likeness (QED) is 0.545. The Kier molecular flexibility index (Phi) is 6.11. The molecule has 2 saturated carbocycles. The number of carbonyl (C=O) groups excluding carboxylic acids is 3. The maximum absolute atomic E-state index is 12.8. The SMILES string of the molecule is O=C(C[C@@H]1C[C@@H]2C[C@H]1C[C@H]2NC(=O)C1CC(=O)c2cc(Cl)ccc2O1)c1ccc(C(F)(F)F)cc1. The highest BCUT2D eigenvalue weighted by Crippen LogP contribution is 2.50. The van der Waals surface area contributed by atoms with Gasteiger partial charge in [-0.15, -0.1) is 0 Å². The number of hydrogen-bond donors (Lipinski definition) is 1. The summed E-state index contributed by atoms with van der Waals surface area (Å²) in [6, 6.07) is 9.03. The molecule has 2 fully saturated rings. The Balaban J connectivity index is 1.15. The lowest BCUT2D eigenvalue weighted by Gasteiger charge is -2.31. The highest BCUT2D eigenvalue weighted by atomic mass is 35.5. The van der Waals surface area contributed by atoms with Crippen molar-refractivity contribution in [3.63, 3.8) is 0 Å². The number of rotatable bonds is 5. The number of fused-ring (bicyclic) bond motifs is 3. The Hall–Kier alpha value is -2.87. The van der Waals surface area contributed by atoms with Crippen molar-refractivity contribution in [3.8, 4) is 5.75 Å². The van der Waals surface area contributed by atoms with E-state index in [9.17, 15) is 27.6 Å². The Bertz CT molecular complexity index is 1180. The van der Waals surface area contributed by atoms with Crippen molar-refractivity contribution in [1.29, 1.82) is 0 Å². The minimum absolute atomic E-state index is 0.0461. The van der Waals surface area contributed by atoms with E-state index in [0.717, 1.165) is 31.4 Å². The van der Waals surface area contributed by atoms with Crippen LogP contribution in [-0.4, -0.2) is 29.6 Å².